The Hall–Kier alpha value is -1.38. The Morgan fingerprint density at radius 1 is 0.938 bits per heavy atom. The van der Waals surface area contributed by atoms with Crippen molar-refractivity contribution >= 4 is 10.8 Å². The van der Waals surface area contributed by atoms with Gasteiger partial charge in [-0.05, 0) is 16.3 Å². The summed E-state index contributed by atoms with van der Waals surface area (Å²) in [7, 11) is 0. The molecule has 0 aliphatic carbocycles. The maximum absolute atomic E-state index is 3.46. The highest BCUT2D eigenvalue weighted by atomic mass is 15.2. The average molecular weight is 212 g/mol. The second-order valence-corrected chi connectivity index (χ2v) is 4.30. The molecule has 2 aromatic rings. The summed E-state index contributed by atoms with van der Waals surface area (Å²) in [6.45, 7) is 2.16. The number of nitrogens with one attached hydrogen (secondary N) is 2. The summed E-state index contributed by atoms with van der Waals surface area (Å²) in [4.78, 5) is 0. The molecule has 1 fully saturated rings. The van der Waals surface area contributed by atoms with Gasteiger partial charge < -0.3 is 10.6 Å². The fourth-order valence-corrected chi connectivity index (χ4v) is 2.40. The van der Waals surface area contributed by atoms with Gasteiger partial charge in [-0.3, -0.25) is 0 Å². The Labute approximate surface area is 95.7 Å². The lowest BCUT2D eigenvalue weighted by Crippen LogP contribution is -2.33. The molecule has 82 valence electrons. The quantitative estimate of drug-likeness (QED) is 0.794. The fourth-order valence-electron chi connectivity index (χ4n) is 2.40. The fraction of sp³-hybridized carbons (Fsp3) is 0.286. The van der Waals surface area contributed by atoms with E-state index in [1.165, 1.54) is 16.3 Å². The number of rotatable bonds is 2. The third kappa shape index (κ3) is 1.82. The maximum Gasteiger partial charge on any atom is 0.0614 e. The van der Waals surface area contributed by atoms with Crippen molar-refractivity contribution in [1.82, 2.24) is 10.6 Å². The second kappa shape index (κ2) is 4.24. The Morgan fingerprint density at radius 3 is 2.56 bits per heavy atom. The van der Waals surface area contributed by atoms with E-state index in [1.54, 1.807) is 0 Å². The molecule has 0 amide bonds. The van der Waals surface area contributed by atoms with Gasteiger partial charge >= 0.3 is 0 Å². The molecular formula is C14H16N2. The smallest absolute Gasteiger partial charge is 0.0614 e. The topological polar surface area (TPSA) is 24.1 Å². The van der Waals surface area contributed by atoms with Crippen LogP contribution in [0.1, 0.15) is 5.56 Å². The molecule has 0 aromatic heterocycles. The highest BCUT2D eigenvalue weighted by Gasteiger charge is 2.14. The van der Waals surface area contributed by atoms with Crippen LogP contribution in [-0.4, -0.2) is 19.3 Å². The van der Waals surface area contributed by atoms with Crippen molar-refractivity contribution < 1.29 is 0 Å². The molecule has 0 unspecified atom stereocenters. The van der Waals surface area contributed by atoms with E-state index in [0.29, 0.717) is 6.17 Å². The Bertz CT molecular complexity index is 482. The van der Waals surface area contributed by atoms with Gasteiger partial charge in [0.05, 0.1) is 6.17 Å². The monoisotopic (exact) mass is 212 g/mol. The summed E-state index contributed by atoms with van der Waals surface area (Å²) in [5.74, 6) is 0. The third-order valence-electron chi connectivity index (χ3n) is 3.21. The first-order valence-electron chi connectivity index (χ1n) is 5.87. The molecule has 0 atom stereocenters. The molecule has 1 aliphatic rings. The number of fused-ring (bicyclic) bond motifs is 1. The van der Waals surface area contributed by atoms with Gasteiger partial charge in [0.1, 0.15) is 0 Å². The van der Waals surface area contributed by atoms with Crippen molar-refractivity contribution in [3.63, 3.8) is 0 Å². The van der Waals surface area contributed by atoms with E-state index < -0.39 is 0 Å². The van der Waals surface area contributed by atoms with Crippen molar-refractivity contribution in [2.24, 2.45) is 0 Å². The molecule has 2 heteroatoms. The highest BCUT2D eigenvalue weighted by molar-refractivity contribution is 5.85. The molecule has 1 heterocycles. The van der Waals surface area contributed by atoms with Crippen LogP contribution in [0.3, 0.4) is 0 Å². The normalized spacial score (nSPS) is 17.0. The number of hydrogen-bond acceptors (Lipinski definition) is 2. The molecule has 0 bridgehead atoms. The lowest BCUT2D eigenvalue weighted by Gasteiger charge is -2.12. The van der Waals surface area contributed by atoms with Gasteiger partial charge in [-0.25, -0.2) is 0 Å². The Kier molecular flexibility index (Phi) is 2.60. The zero-order valence-corrected chi connectivity index (χ0v) is 9.24. The summed E-state index contributed by atoms with van der Waals surface area (Å²) in [5, 5.41) is 9.62. The number of hydrogen-bond donors (Lipinski definition) is 2. The largest absolute Gasteiger partial charge is 0.300 e. The SMILES string of the molecule is c1ccc2c(CC3NCCN3)cccc2c1. The van der Waals surface area contributed by atoms with Gasteiger partial charge in [0.15, 0.2) is 0 Å². The van der Waals surface area contributed by atoms with Crippen LogP contribution in [0.15, 0.2) is 42.5 Å². The van der Waals surface area contributed by atoms with Gasteiger partial charge in [-0.15, -0.1) is 0 Å². The lowest BCUT2D eigenvalue weighted by atomic mass is 10.0. The van der Waals surface area contributed by atoms with Crippen LogP contribution in [0.2, 0.25) is 0 Å². The van der Waals surface area contributed by atoms with E-state index in [4.69, 9.17) is 0 Å². The van der Waals surface area contributed by atoms with Gasteiger partial charge in [-0.1, -0.05) is 42.5 Å². The summed E-state index contributed by atoms with van der Waals surface area (Å²) >= 11 is 0. The van der Waals surface area contributed by atoms with Crippen LogP contribution in [0.25, 0.3) is 10.8 Å². The summed E-state index contributed by atoms with van der Waals surface area (Å²) in [5.41, 5.74) is 1.42. The molecule has 2 nitrogen and oxygen atoms in total. The number of benzene rings is 2. The van der Waals surface area contributed by atoms with E-state index in [9.17, 15) is 0 Å². The van der Waals surface area contributed by atoms with Crippen molar-refractivity contribution in [2.45, 2.75) is 12.6 Å². The molecule has 2 aromatic carbocycles. The molecule has 2 N–H and O–H groups in total. The molecule has 3 rings (SSSR count). The molecule has 16 heavy (non-hydrogen) atoms. The van der Waals surface area contributed by atoms with Crippen molar-refractivity contribution in [1.29, 1.82) is 0 Å². The van der Waals surface area contributed by atoms with Gasteiger partial charge in [0.25, 0.3) is 0 Å². The zero-order valence-electron chi connectivity index (χ0n) is 9.24. The van der Waals surface area contributed by atoms with Crippen LogP contribution < -0.4 is 10.6 Å². The summed E-state index contributed by atoms with van der Waals surface area (Å²) < 4.78 is 0. The van der Waals surface area contributed by atoms with Crippen LogP contribution in [0.5, 0.6) is 0 Å². The molecule has 0 radical (unpaired) electrons. The Morgan fingerprint density at radius 2 is 1.69 bits per heavy atom. The molecule has 1 saturated heterocycles. The summed E-state index contributed by atoms with van der Waals surface area (Å²) in [6.07, 6.45) is 1.49. The van der Waals surface area contributed by atoms with Crippen molar-refractivity contribution in [3.05, 3.63) is 48.0 Å². The first kappa shape index (κ1) is 9.82. The average Bonchev–Trinajstić information content (AvgIpc) is 2.82. The lowest BCUT2D eigenvalue weighted by molar-refractivity contribution is 0.553. The molecular weight excluding hydrogens is 196 g/mol. The maximum atomic E-state index is 3.46. The standard InChI is InChI=1S/C14H16N2/c1-2-7-13-11(4-1)5-3-6-12(13)10-14-15-8-9-16-14/h1-7,14-16H,8-10H2. The molecule has 1 aliphatic heterocycles. The predicted octanol–water partition coefficient (Wildman–Crippen LogP) is 1.90. The summed E-state index contributed by atoms with van der Waals surface area (Å²) in [6, 6.07) is 15.1. The second-order valence-electron chi connectivity index (χ2n) is 4.30. The van der Waals surface area contributed by atoms with Gasteiger partial charge in [0, 0.05) is 19.5 Å². The first-order chi connectivity index (χ1) is 7.93. The van der Waals surface area contributed by atoms with E-state index in [0.717, 1.165) is 19.5 Å². The van der Waals surface area contributed by atoms with E-state index in [-0.39, 0.29) is 0 Å². The Balaban J connectivity index is 1.96. The minimum Gasteiger partial charge on any atom is -0.300 e. The predicted molar refractivity (Wildman–Crippen MR) is 67.4 cm³/mol. The minimum atomic E-state index is 0.436. The van der Waals surface area contributed by atoms with Crippen molar-refractivity contribution in [3.8, 4) is 0 Å². The van der Waals surface area contributed by atoms with E-state index in [2.05, 4.69) is 53.1 Å². The van der Waals surface area contributed by atoms with E-state index >= 15 is 0 Å². The molecule has 0 spiro atoms. The highest BCUT2D eigenvalue weighted by Crippen LogP contribution is 2.19. The van der Waals surface area contributed by atoms with Gasteiger partial charge in [0.2, 0.25) is 0 Å². The van der Waals surface area contributed by atoms with Crippen LogP contribution >= 0.6 is 0 Å². The molecule has 0 saturated carbocycles. The van der Waals surface area contributed by atoms with Gasteiger partial charge in [-0.2, -0.15) is 0 Å². The zero-order chi connectivity index (χ0) is 10.8. The van der Waals surface area contributed by atoms with Crippen LogP contribution in [0.4, 0.5) is 0 Å². The van der Waals surface area contributed by atoms with Crippen LogP contribution in [-0.2, 0) is 6.42 Å². The third-order valence-corrected chi connectivity index (χ3v) is 3.21. The van der Waals surface area contributed by atoms with E-state index in [1.807, 2.05) is 0 Å². The van der Waals surface area contributed by atoms with Crippen molar-refractivity contribution in [2.75, 3.05) is 13.1 Å². The first-order valence-corrected chi connectivity index (χ1v) is 5.87. The minimum absolute atomic E-state index is 0.436. The van der Waals surface area contributed by atoms with Crippen LogP contribution in [0, 0.1) is 0 Å².